The smallest absolute Gasteiger partial charge is 0.115 e. The number of benzene rings is 1. The Hall–Kier alpha value is -1.35. The quantitative estimate of drug-likeness (QED) is 0.621. The predicted octanol–water partition coefficient (Wildman–Crippen LogP) is 2.66. The highest BCUT2D eigenvalue weighted by molar-refractivity contribution is 8.00. The normalized spacial score (nSPS) is 12.6. The van der Waals surface area contributed by atoms with Crippen LogP contribution in [-0.2, 0) is 0 Å². The van der Waals surface area contributed by atoms with Crippen molar-refractivity contribution in [3.05, 3.63) is 54.1 Å². The van der Waals surface area contributed by atoms with E-state index in [4.69, 9.17) is 5.11 Å². The number of aromatic hydroxyl groups is 1. The third-order valence-electron chi connectivity index (χ3n) is 1.25. The molecule has 0 saturated heterocycles. The van der Waals surface area contributed by atoms with Gasteiger partial charge in [0.05, 0.1) is 0 Å². The Kier molecular flexibility index (Phi) is 4.64. The molecule has 1 aliphatic rings. The molecular formula is C10H11NOS. The predicted molar refractivity (Wildman–Crippen MR) is 57.1 cm³/mol. The van der Waals surface area contributed by atoms with Crippen molar-refractivity contribution < 1.29 is 5.11 Å². The molecule has 0 aromatic heterocycles. The molecule has 3 heteroatoms. The minimum absolute atomic E-state index is 0.322. The van der Waals surface area contributed by atoms with E-state index in [9.17, 15) is 0 Å². The second-order valence-electron chi connectivity index (χ2n) is 2.26. The maximum absolute atomic E-state index is 8.63. The van der Waals surface area contributed by atoms with Gasteiger partial charge in [-0.3, -0.25) is 0 Å². The molecule has 68 valence electrons. The lowest BCUT2D eigenvalue weighted by molar-refractivity contribution is 0.475. The summed E-state index contributed by atoms with van der Waals surface area (Å²) in [6.45, 7) is 0. The van der Waals surface area contributed by atoms with Crippen LogP contribution in [-0.4, -0.2) is 5.11 Å². The van der Waals surface area contributed by atoms with Crippen molar-refractivity contribution in [1.29, 1.82) is 0 Å². The van der Waals surface area contributed by atoms with Crippen LogP contribution in [0.25, 0.3) is 0 Å². The fraction of sp³-hybridized carbons (Fsp3) is 0. The maximum Gasteiger partial charge on any atom is 0.115 e. The fourth-order valence-corrected chi connectivity index (χ4v) is 1.09. The monoisotopic (exact) mass is 193 g/mol. The van der Waals surface area contributed by atoms with Crippen molar-refractivity contribution in [3.63, 3.8) is 0 Å². The zero-order chi connectivity index (χ0) is 9.36. The van der Waals surface area contributed by atoms with Gasteiger partial charge < -0.3 is 9.83 Å². The van der Waals surface area contributed by atoms with Gasteiger partial charge >= 0.3 is 0 Å². The molecule has 1 aromatic carbocycles. The van der Waals surface area contributed by atoms with Gasteiger partial charge in [0.15, 0.2) is 0 Å². The van der Waals surface area contributed by atoms with E-state index in [-0.39, 0.29) is 0 Å². The summed E-state index contributed by atoms with van der Waals surface area (Å²) >= 11 is 1.58. The van der Waals surface area contributed by atoms with Crippen LogP contribution in [0.2, 0.25) is 0 Å². The SMILES string of the molecule is C1=CNSC=C1.Oc1ccccc1. The van der Waals surface area contributed by atoms with Crippen LogP contribution in [0, 0.1) is 0 Å². The molecule has 0 spiro atoms. The third-order valence-corrected chi connectivity index (χ3v) is 1.81. The molecule has 2 N–H and O–H groups in total. The van der Waals surface area contributed by atoms with Crippen molar-refractivity contribution in [3.8, 4) is 5.75 Å². The fourth-order valence-electron chi connectivity index (χ4n) is 0.686. The molecule has 0 fully saturated rings. The summed E-state index contributed by atoms with van der Waals surface area (Å²) < 4.78 is 2.93. The molecule has 0 saturated carbocycles. The lowest BCUT2D eigenvalue weighted by Gasteiger charge is -1.93. The van der Waals surface area contributed by atoms with Crippen LogP contribution in [0.1, 0.15) is 0 Å². The zero-order valence-corrected chi connectivity index (χ0v) is 7.87. The first-order chi connectivity index (χ1) is 6.39. The number of phenols is 1. The number of phenolic OH excluding ortho intramolecular Hbond substituents is 1. The van der Waals surface area contributed by atoms with Crippen molar-refractivity contribution in [1.82, 2.24) is 4.72 Å². The lowest BCUT2D eigenvalue weighted by Crippen LogP contribution is -1.88. The molecule has 2 rings (SSSR count). The van der Waals surface area contributed by atoms with Gasteiger partial charge in [-0.15, -0.1) is 0 Å². The molecule has 1 heterocycles. The number of allylic oxidation sites excluding steroid dienone is 2. The van der Waals surface area contributed by atoms with Gasteiger partial charge in [0, 0.05) is 6.20 Å². The molecule has 0 radical (unpaired) electrons. The highest BCUT2D eigenvalue weighted by Gasteiger charge is 1.75. The molecular weight excluding hydrogens is 182 g/mol. The topological polar surface area (TPSA) is 32.3 Å². The molecule has 1 aliphatic heterocycles. The van der Waals surface area contributed by atoms with Crippen LogP contribution < -0.4 is 4.72 Å². The Bertz CT molecular complexity index is 270. The minimum atomic E-state index is 0.322. The molecule has 1 aromatic rings. The van der Waals surface area contributed by atoms with E-state index in [1.807, 2.05) is 29.8 Å². The summed E-state index contributed by atoms with van der Waals surface area (Å²) in [5.41, 5.74) is 0. The van der Waals surface area contributed by atoms with E-state index in [0.717, 1.165) is 0 Å². The van der Waals surface area contributed by atoms with E-state index >= 15 is 0 Å². The Balaban J connectivity index is 0.000000132. The number of rotatable bonds is 0. The van der Waals surface area contributed by atoms with Crippen LogP contribution in [0.4, 0.5) is 0 Å². The average Bonchev–Trinajstić information content (AvgIpc) is 2.22. The highest BCUT2D eigenvalue weighted by Crippen LogP contribution is 2.02. The van der Waals surface area contributed by atoms with Gasteiger partial charge in [0.1, 0.15) is 5.75 Å². The summed E-state index contributed by atoms with van der Waals surface area (Å²) in [4.78, 5) is 0. The van der Waals surface area contributed by atoms with E-state index < -0.39 is 0 Å². The van der Waals surface area contributed by atoms with Gasteiger partial charge in [0.25, 0.3) is 0 Å². The molecule has 0 aliphatic carbocycles. The van der Waals surface area contributed by atoms with Gasteiger partial charge in [0.2, 0.25) is 0 Å². The van der Waals surface area contributed by atoms with Crippen molar-refractivity contribution in [2.75, 3.05) is 0 Å². The number of hydrogen-bond donors (Lipinski definition) is 2. The van der Waals surface area contributed by atoms with Gasteiger partial charge in [-0.2, -0.15) is 0 Å². The lowest BCUT2D eigenvalue weighted by atomic mass is 10.3. The van der Waals surface area contributed by atoms with Crippen LogP contribution in [0.15, 0.2) is 54.1 Å². The van der Waals surface area contributed by atoms with Gasteiger partial charge in [-0.05, 0) is 35.6 Å². The number of para-hydroxylation sites is 1. The van der Waals surface area contributed by atoms with Gasteiger partial charge in [-0.25, -0.2) is 0 Å². The summed E-state index contributed by atoms with van der Waals surface area (Å²) in [6.07, 6.45) is 5.84. The standard InChI is InChI=1S/C6H6O.C4H5NS/c7-6-4-2-1-3-5-6;1-2-4-6-5-3-1/h1-5,7H;1-5H. The Morgan fingerprint density at radius 2 is 1.85 bits per heavy atom. The van der Waals surface area contributed by atoms with E-state index in [1.54, 1.807) is 36.2 Å². The van der Waals surface area contributed by atoms with Crippen molar-refractivity contribution in [2.45, 2.75) is 0 Å². The van der Waals surface area contributed by atoms with E-state index in [0.29, 0.717) is 5.75 Å². The summed E-state index contributed by atoms with van der Waals surface area (Å²) in [5, 5.41) is 10.6. The number of hydrogen-bond acceptors (Lipinski definition) is 3. The van der Waals surface area contributed by atoms with Crippen LogP contribution in [0.3, 0.4) is 0 Å². The van der Waals surface area contributed by atoms with E-state index in [2.05, 4.69) is 4.72 Å². The molecule has 0 atom stereocenters. The average molecular weight is 193 g/mol. The molecule has 13 heavy (non-hydrogen) atoms. The van der Waals surface area contributed by atoms with Crippen LogP contribution >= 0.6 is 11.9 Å². The van der Waals surface area contributed by atoms with Crippen molar-refractivity contribution in [2.24, 2.45) is 0 Å². The summed E-state index contributed by atoms with van der Waals surface area (Å²) in [5.74, 6) is 0.322. The van der Waals surface area contributed by atoms with E-state index in [1.165, 1.54) is 0 Å². The molecule has 0 amide bonds. The Morgan fingerprint density at radius 1 is 1.08 bits per heavy atom. The second-order valence-corrected chi connectivity index (χ2v) is 3.00. The maximum atomic E-state index is 8.63. The number of nitrogens with one attached hydrogen (secondary N) is 1. The molecule has 2 nitrogen and oxygen atoms in total. The first-order valence-corrected chi connectivity index (χ1v) is 4.74. The first kappa shape index (κ1) is 9.74. The highest BCUT2D eigenvalue weighted by atomic mass is 32.2. The third kappa shape index (κ3) is 4.98. The first-order valence-electron chi connectivity index (χ1n) is 3.86. The van der Waals surface area contributed by atoms with Gasteiger partial charge in [-0.1, -0.05) is 24.3 Å². The second kappa shape index (κ2) is 6.20. The molecule has 0 unspecified atom stereocenters. The summed E-state index contributed by atoms with van der Waals surface area (Å²) in [6, 6.07) is 8.71. The minimum Gasteiger partial charge on any atom is -0.508 e. The largest absolute Gasteiger partial charge is 0.508 e. The van der Waals surface area contributed by atoms with Crippen LogP contribution in [0.5, 0.6) is 5.75 Å². The zero-order valence-electron chi connectivity index (χ0n) is 7.05. The van der Waals surface area contributed by atoms with Crippen molar-refractivity contribution >= 4 is 11.9 Å². The Labute approximate surface area is 82.1 Å². The molecule has 0 bridgehead atoms. The summed E-state index contributed by atoms with van der Waals surface area (Å²) in [7, 11) is 0. The Morgan fingerprint density at radius 3 is 2.08 bits per heavy atom.